The predicted molar refractivity (Wildman–Crippen MR) is 66.8 cm³/mol. The number of carboxylic acids is 1. The summed E-state index contributed by atoms with van der Waals surface area (Å²) in [6.45, 7) is 2.32. The molecule has 1 aromatic heterocycles. The van der Waals surface area contributed by atoms with Gasteiger partial charge in [0.15, 0.2) is 0 Å². The van der Waals surface area contributed by atoms with Gasteiger partial charge in [0.05, 0.1) is 18.7 Å². The molecule has 6 nitrogen and oxygen atoms in total. The number of carboxylic acid groups (broad SMARTS) is 1. The first-order valence-electron chi connectivity index (χ1n) is 5.38. The summed E-state index contributed by atoms with van der Waals surface area (Å²) in [4.78, 5) is 28.7. The zero-order valence-corrected chi connectivity index (χ0v) is 11.4. The number of aliphatic carboxylic acids is 1. The van der Waals surface area contributed by atoms with Crippen molar-refractivity contribution in [1.29, 1.82) is 0 Å². The van der Waals surface area contributed by atoms with Crippen LogP contribution in [-0.2, 0) is 16.1 Å². The van der Waals surface area contributed by atoms with Crippen molar-refractivity contribution in [3.05, 3.63) is 15.6 Å². The van der Waals surface area contributed by atoms with Crippen LogP contribution in [0.4, 0.5) is 0 Å². The maximum Gasteiger partial charge on any atom is 0.305 e. The second-order valence-electron chi connectivity index (χ2n) is 3.83. The minimum Gasteiger partial charge on any atom is -0.481 e. The number of hydrogen-bond acceptors (Lipinski definition) is 5. The first kappa shape index (κ1) is 14.6. The lowest BCUT2D eigenvalue weighted by Gasteiger charge is -2.14. The van der Waals surface area contributed by atoms with E-state index in [4.69, 9.17) is 9.84 Å². The topological polar surface area (TPSA) is 79.7 Å². The van der Waals surface area contributed by atoms with Gasteiger partial charge >= 0.3 is 5.97 Å². The molecular weight excluding hydrogens is 256 g/mol. The largest absolute Gasteiger partial charge is 0.481 e. The minimum atomic E-state index is -0.921. The van der Waals surface area contributed by atoms with Crippen LogP contribution >= 0.6 is 11.3 Å². The van der Waals surface area contributed by atoms with E-state index in [2.05, 4.69) is 4.98 Å². The van der Waals surface area contributed by atoms with Crippen LogP contribution in [0.2, 0.25) is 0 Å². The Kier molecular flexibility index (Phi) is 5.24. The fourth-order valence-corrected chi connectivity index (χ4v) is 2.41. The Labute approximate surface area is 109 Å². The number of aromatic nitrogens is 1. The van der Waals surface area contributed by atoms with Crippen molar-refractivity contribution < 1.29 is 19.4 Å². The molecule has 18 heavy (non-hydrogen) atoms. The quantitative estimate of drug-likeness (QED) is 0.840. The van der Waals surface area contributed by atoms with Crippen molar-refractivity contribution in [3.63, 3.8) is 0 Å². The van der Waals surface area contributed by atoms with Gasteiger partial charge in [-0.3, -0.25) is 9.59 Å². The van der Waals surface area contributed by atoms with Crippen molar-refractivity contribution in [2.24, 2.45) is 0 Å². The van der Waals surface area contributed by atoms with Gasteiger partial charge in [0.2, 0.25) is 0 Å². The number of ether oxygens (including phenoxy) is 1. The molecule has 0 aromatic carbocycles. The van der Waals surface area contributed by atoms with Crippen molar-refractivity contribution in [3.8, 4) is 0 Å². The Bertz CT molecular complexity index is 444. The number of thiazole rings is 1. The molecule has 0 saturated carbocycles. The highest BCUT2D eigenvalue weighted by Crippen LogP contribution is 2.20. The molecule has 1 rings (SSSR count). The Morgan fingerprint density at radius 2 is 2.17 bits per heavy atom. The first-order chi connectivity index (χ1) is 8.45. The summed E-state index contributed by atoms with van der Waals surface area (Å²) < 4.78 is 4.96. The SMILES string of the molecule is COCc1nc(C)c(C(=O)N(C)CCC(=O)O)s1. The number of carbonyl (C=O) groups excluding carboxylic acids is 1. The van der Waals surface area contributed by atoms with E-state index in [0.717, 1.165) is 5.01 Å². The summed E-state index contributed by atoms with van der Waals surface area (Å²) in [5.41, 5.74) is 0.652. The minimum absolute atomic E-state index is 0.0645. The molecule has 0 spiro atoms. The van der Waals surface area contributed by atoms with Gasteiger partial charge in [-0.15, -0.1) is 11.3 Å². The summed E-state index contributed by atoms with van der Waals surface area (Å²) in [7, 11) is 3.15. The van der Waals surface area contributed by atoms with Crippen LogP contribution < -0.4 is 0 Å². The summed E-state index contributed by atoms with van der Waals surface area (Å²) in [5, 5.41) is 9.32. The predicted octanol–water partition coefficient (Wildman–Crippen LogP) is 1.14. The van der Waals surface area contributed by atoms with Crippen LogP contribution in [0.1, 0.15) is 26.8 Å². The second-order valence-corrected chi connectivity index (χ2v) is 4.91. The fourth-order valence-electron chi connectivity index (χ4n) is 1.37. The molecule has 1 aromatic rings. The molecule has 0 aliphatic carbocycles. The van der Waals surface area contributed by atoms with E-state index >= 15 is 0 Å². The number of methoxy groups -OCH3 is 1. The zero-order valence-electron chi connectivity index (χ0n) is 10.6. The van der Waals surface area contributed by atoms with Crippen LogP contribution in [-0.4, -0.2) is 47.6 Å². The maximum atomic E-state index is 12.1. The summed E-state index contributed by atoms with van der Waals surface area (Å²) in [5.74, 6) is -1.12. The number of nitrogens with zero attached hydrogens (tertiary/aromatic N) is 2. The number of amides is 1. The highest BCUT2D eigenvalue weighted by Gasteiger charge is 2.19. The third-order valence-corrected chi connectivity index (χ3v) is 3.43. The second kappa shape index (κ2) is 6.46. The van der Waals surface area contributed by atoms with Crippen molar-refractivity contribution in [2.75, 3.05) is 20.7 Å². The van der Waals surface area contributed by atoms with E-state index in [0.29, 0.717) is 17.2 Å². The van der Waals surface area contributed by atoms with Gasteiger partial charge in [0.25, 0.3) is 5.91 Å². The van der Waals surface area contributed by atoms with Crippen LogP contribution in [0.3, 0.4) is 0 Å². The molecule has 100 valence electrons. The molecule has 0 unspecified atom stereocenters. The van der Waals surface area contributed by atoms with Gasteiger partial charge < -0.3 is 14.7 Å². The van der Waals surface area contributed by atoms with Gasteiger partial charge in [-0.05, 0) is 6.92 Å². The molecule has 7 heteroatoms. The van der Waals surface area contributed by atoms with Gasteiger partial charge in [-0.1, -0.05) is 0 Å². The van der Waals surface area contributed by atoms with Gasteiger partial charge in [-0.2, -0.15) is 0 Å². The lowest BCUT2D eigenvalue weighted by molar-refractivity contribution is -0.137. The van der Waals surface area contributed by atoms with Crippen molar-refractivity contribution in [2.45, 2.75) is 20.0 Å². The normalized spacial score (nSPS) is 10.4. The maximum absolute atomic E-state index is 12.1. The standard InChI is InChI=1S/C11H16N2O4S/c1-7-10(18-8(12-7)6-17-3)11(16)13(2)5-4-9(14)15/h4-6H2,1-3H3,(H,14,15). The molecular formula is C11H16N2O4S. The van der Waals surface area contributed by atoms with Gasteiger partial charge in [0.1, 0.15) is 9.88 Å². The third-order valence-electron chi connectivity index (χ3n) is 2.31. The molecule has 1 N–H and O–H groups in total. The summed E-state index contributed by atoms with van der Waals surface area (Å²) >= 11 is 1.28. The molecule has 0 fully saturated rings. The Morgan fingerprint density at radius 1 is 1.50 bits per heavy atom. The summed E-state index contributed by atoms with van der Waals surface area (Å²) in [6.07, 6.45) is -0.0645. The van der Waals surface area contributed by atoms with E-state index in [1.165, 1.54) is 16.2 Å². The number of rotatable bonds is 6. The van der Waals surface area contributed by atoms with E-state index in [9.17, 15) is 9.59 Å². The number of carbonyl (C=O) groups is 2. The monoisotopic (exact) mass is 272 g/mol. The molecule has 0 saturated heterocycles. The van der Waals surface area contributed by atoms with E-state index in [1.54, 1.807) is 21.1 Å². The Hall–Kier alpha value is -1.47. The third kappa shape index (κ3) is 3.78. The smallest absolute Gasteiger partial charge is 0.305 e. The van der Waals surface area contributed by atoms with Crippen LogP contribution in [0, 0.1) is 6.92 Å². The van der Waals surface area contributed by atoms with Crippen molar-refractivity contribution in [1.82, 2.24) is 9.88 Å². The molecule has 0 atom stereocenters. The average molecular weight is 272 g/mol. The molecule has 0 aliphatic heterocycles. The van der Waals surface area contributed by atoms with E-state index in [1.807, 2.05) is 0 Å². The Balaban J connectivity index is 2.73. The highest BCUT2D eigenvalue weighted by atomic mass is 32.1. The first-order valence-corrected chi connectivity index (χ1v) is 6.19. The Morgan fingerprint density at radius 3 is 2.72 bits per heavy atom. The molecule has 1 amide bonds. The lowest BCUT2D eigenvalue weighted by atomic mass is 10.3. The molecule has 0 radical (unpaired) electrons. The van der Waals surface area contributed by atoms with Crippen LogP contribution in [0.5, 0.6) is 0 Å². The molecule has 1 heterocycles. The average Bonchev–Trinajstić information content (AvgIpc) is 2.66. The van der Waals surface area contributed by atoms with Gasteiger partial charge in [-0.25, -0.2) is 4.98 Å². The van der Waals surface area contributed by atoms with Gasteiger partial charge in [0, 0.05) is 20.7 Å². The van der Waals surface area contributed by atoms with Crippen LogP contribution in [0.15, 0.2) is 0 Å². The van der Waals surface area contributed by atoms with E-state index in [-0.39, 0.29) is 18.9 Å². The van der Waals surface area contributed by atoms with Crippen LogP contribution in [0.25, 0.3) is 0 Å². The number of aryl methyl sites for hydroxylation is 1. The van der Waals surface area contributed by atoms with Crippen molar-refractivity contribution >= 4 is 23.2 Å². The highest BCUT2D eigenvalue weighted by molar-refractivity contribution is 7.13. The molecule has 0 aliphatic rings. The lowest BCUT2D eigenvalue weighted by Crippen LogP contribution is -2.28. The zero-order chi connectivity index (χ0) is 13.7. The fraction of sp³-hybridized carbons (Fsp3) is 0.545. The summed E-state index contributed by atoms with van der Waals surface area (Å²) in [6, 6.07) is 0. The molecule has 0 bridgehead atoms. The number of hydrogen-bond donors (Lipinski definition) is 1. The van der Waals surface area contributed by atoms with E-state index < -0.39 is 5.97 Å².